The van der Waals surface area contributed by atoms with Crippen molar-refractivity contribution in [3.8, 4) is 0 Å². The zero-order chi connectivity index (χ0) is 31.9. The maximum atomic E-state index is 4.17. The van der Waals surface area contributed by atoms with Crippen LogP contribution in [0.3, 0.4) is 0 Å². The third kappa shape index (κ3) is 29.2. The van der Waals surface area contributed by atoms with Gasteiger partial charge in [0, 0.05) is 35.2 Å². The monoisotopic (exact) mass is 548 g/mol. The van der Waals surface area contributed by atoms with Gasteiger partial charge in [0.1, 0.15) is 5.82 Å². The van der Waals surface area contributed by atoms with Crippen LogP contribution in [0.2, 0.25) is 0 Å². The Morgan fingerprint density at radius 3 is 1.02 bits per heavy atom. The predicted molar refractivity (Wildman–Crippen MR) is 180 cm³/mol. The quantitative estimate of drug-likeness (QED) is 0.219. The van der Waals surface area contributed by atoms with Gasteiger partial charge >= 0.3 is 0 Å². The first-order chi connectivity index (χ1) is 19.2. The van der Waals surface area contributed by atoms with E-state index < -0.39 is 0 Å². The van der Waals surface area contributed by atoms with E-state index >= 15 is 0 Å². The van der Waals surface area contributed by atoms with Gasteiger partial charge < -0.3 is 0 Å². The smallest absolute Gasteiger partial charge is 0.125 e. The van der Waals surface area contributed by atoms with Crippen LogP contribution in [-0.4, -0.2) is 19.9 Å². The molecule has 0 radical (unpaired) electrons. The minimum atomic E-state index is 0.838. The van der Waals surface area contributed by atoms with Gasteiger partial charge in [-0.3, -0.25) is 9.97 Å². The average molecular weight is 549 g/mol. The van der Waals surface area contributed by atoms with Gasteiger partial charge in [0.05, 0.1) is 0 Å². The standard InChI is InChI=1S/C8H10.2C7H9N.C6H8N2.4C2H6/c1-7-4-3-5-8(2)6-7;1-6-3-4-8-7(2)5-6;1-6-4-3-5-7(2)8-6;1-5-3-4-7-6(2)8-5;4*1-2/h3-6H,1-2H3;2*3-5H,1-2H3;3-4H,1-2H3;4*1-2H3. The number of benzene rings is 1. The molecule has 0 fully saturated rings. The summed E-state index contributed by atoms with van der Waals surface area (Å²) in [5.74, 6) is 0.838. The molecule has 0 saturated carbocycles. The average Bonchev–Trinajstić information content (AvgIpc) is 2.94. The fourth-order valence-electron chi connectivity index (χ4n) is 2.75. The molecule has 0 atom stereocenters. The lowest BCUT2D eigenvalue weighted by atomic mass is 10.2. The largest absolute Gasteiger partial charge is 0.262 e. The highest BCUT2D eigenvalue weighted by Crippen LogP contribution is 2.00. The van der Waals surface area contributed by atoms with Crippen molar-refractivity contribution in [3.05, 3.63) is 118 Å². The van der Waals surface area contributed by atoms with E-state index in [9.17, 15) is 0 Å². The number of aryl methyl sites for hydroxylation is 8. The highest BCUT2D eigenvalue weighted by Gasteiger charge is 1.84. The molecule has 4 nitrogen and oxygen atoms in total. The highest BCUT2D eigenvalue weighted by molar-refractivity contribution is 5.20. The molecule has 0 aliphatic carbocycles. The van der Waals surface area contributed by atoms with Gasteiger partial charge in [0.2, 0.25) is 0 Å². The Morgan fingerprint density at radius 2 is 0.775 bits per heavy atom. The number of rotatable bonds is 0. The summed E-state index contributed by atoms with van der Waals surface area (Å²) >= 11 is 0. The normalized spacial score (nSPS) is 8.00. The number of hydrogen-bond acceptors (Lipinski definition) is 4. The minimum absolute atomic E-state index is 0.838. The van der Waals surface area contributed by atoms with Crippen molar-refractivity contribution in [3.63, 3.8) is 0 Å². The van der Waals surface area contributed by atoms with Crippen LogP contribution in [0.1, 0.15) is 101 Å². The van der Waals surface area contributed by atoms with Crippen molar-refractivity contribution >= 4 is 0 Å². The molecule has 0 aliphatic rings. The second-order valence-electron chi connectivity index (χ2n) is 7.80. The zero-order valence-corrected chi connectivity index (χ0v) is 28.7. The summed E-state index contributed by atoms with van der Waals surface area (Å²) in [4.78, 5) is 16.2. The van der Waals surface area contributed by atoms with Crippen LogP contribution in [0.25, 0.3) is 0 Å². The Hall–Kier alpha value is -3.40. The first-order valence-electron chi connectivity index (χ1n) is 14.7. The summed E-state index contributed by atoms with van der Waals surface area (Å²) in [5, 5.41) is 0. The van der Waals surface area contributed by atoms with E-state index in [1.807, 2.05) is 127 Å². The molecule has 0 spiro atoms. The van der Waals surface area contributed by atoms with Gasteiger partial charge in [-0.15, -0.1) is 0 Å². The Kier molecular flexibility index (Phi) is 34.7. The third-order valence-corrected chi connectivity index (χ3v) is 4.17. The number of nitrogens with zero attached hydrogens (tertiary/aromatic N) is 4. The molecule has 4 rings (SSSR count). The van der Waals surface area contributed by atoms with E-state index in [2.05, 4.69) is 71.0 Å². The molecule has 40 heavy (non-hydrogen) atoms. The molecule has 3 aromatic heterocycles. The summed E-state index contributed by atoms with van der Waals surface area (Å²) in [6.45, 7) is 32.1. The Morgan fingerprint density at radius 1 is 0.375 bits per heavy atom. The van der Waals surface area contributed by atoms with Crippen LogP contribution >= 0.6 is 0 Å². The summed E-state index contributed by atoms with van der Waals surface area (Å²) in [6.07, 6.45) is 3.59. The molecule has 3 heterocycles. The van der Waals surface area contributed by atoms with E-state index in [0.717, 1.165) is 28.6 Å². The van der Waals surface area contributed by atoms with Crippen molar-refractivity contribution in [1.82, 2.24) is 19.9 Å². The van der Waals surface area contributed by atoms with Gasteiger partial charge in [-0.25, -0.2) is 9.97 Å². The SMILES string of the molecule is CC.CC.CC.CC.Cc1cccc(C)c1.Cc1cccc(C)n1.Cc1ccnc(C)c1.Cc1ccnc(C)n1. The van der Waals surface area contributed by atoms with E-state index in [4.69, 9.17) is 0 Å². The molecular formula is C36H60N4. The van der Waals surface area contributed by atoms with E-state index in [1.54, 1.807) is 6.20 Å². The zero-order valence-electron chi connectivity index (χ0n) is 28.7. The van der Waals surface area contributed by atoms with E-state index in [1.165, 1.54) is 16.7 Å². The molecule has 224 valence electrons. The number of aromatic nitrogens is 4. The van der Waals surface area contributed by atoms with E-state index in [-0.39, 0.29) is 0 Å². The summed E-state index contributed by atoms with van der Waals surface area (Å²) in [5.41, 5.74) is 8.24. The van der Waals surface area contributed by atoms with Gasteiger partial charge in [0.15, 0.2) is 0 Å². The maximum Gasteiger partial charge on any atom is 0.125 e. The second-order valence-corrected chi connectivity index (χ2v) is 7.80. The molecule has 4 heteroatoms. The molecule has 0 saturated heterocycles. The number of pyridine rings is 2. The van der Waals surface area contributed by atoms with Gasteiger partial charge in [-0.2, -0.15) is 0 Å². The fraction of sp³-hybridized carbons (Fsp3) is 0.444. The molecule has 0 N–H and O–H groups in total. The van der Waals surface area contributed by atoms with Crippen LogP contribution in [0.4, 0.5) is 0 Å². The van der Waals surface area contributed by atoms with Crippen molar-refractivity contribution in [2.24, 2.45) is 0 Å². The van der Waals surface area contributed by atoms with Gasteiger partial charge in [0.25, 0.3) is 0 Å². The first kappa shape index (κ1) is 43.6. The van der Waals surface area contributed by atoms with Crippen LogP contribution in [0.5, 0.6) is 0 Å². The Balaban J connectivity index is -0.000000199. The van der Waals surface area contributed by atoms with Crippen LogP contribution in [-0.2, 0) is 0 Å². The molecule has 4 aromatic rings. The third-order valence-electron chi connectivity index (χ3n) is 4.17. The molecule has 0 aliphatic heterocycles. The molecule has 0 unspecified atom stereocenters. The van der Waals surface area contributed by atoms with Crippen molar-refractivity contribution < 1.29 is 0 Å². The van der Waals surface area contributed by atoms with Crippen LogP contribution in [0.15, 0.2) is 73.1 Å². The van der Waals surface area contributed by atoms with Crippen LogP contribution in [0, 0.1) is 55.4 Å². The number of hydrogen-bond donors (Lipinski definition) is 0. The topological polar surface area (TPSA) is 51.6 Å². The lowest BCUT2D eigenvalue weighted by Crippen LogP contribution is -1.86. The highest BCUT2D eigenvalue weighted by atomic mass is 14.9. The molecule has 0 bridgehead atoms. The molecular weight excluding hydrogens is 488 g/mol. The fourth-order valence-corrected chi connectivity index (χ4v) is 2.75. The molecule has 0 amide bonds. The lowest BCUT2D eigenvalue weighted by molar-refractivity contribution is 1.01. The van der Waals surface area contributed by atoms with Gasteiger partial charge in [-0.05, 0) is 91.3 Å². The summed E-state index contributed by atoms with van der Waals surface area (Å²) in [7, 11) is 0. The predicted octanol–water partition coefficient (Wildman–Crippen LogP) is 10.9. The minimum Gasteiger partial charge on any atom is -0.262 e. The Bertz CT molecular complexity index is 832. The van der Waals surface area contributed by atoms with E-state index in [0.29, 0.717) is 0 Å². The van der Waals surface area contributed by atoms with Gasteiger partial charge in [-0.1, -0.05) is 96.8 Å². The van der Waals surface area contributed by atoms with Crippen molar-refractivity contribution in [1.29, 1.82) is 0 Å². The Labute approximate surface area is 248 Å². The first-order valence-corrected chi connectivity index (χ1v) is 14.7. The van der Waals surface area contributed by atoms with Crippen LogP contribution < -0.4 is 0 Å². The molecule has 1 aromatic carbocycles. The maximum absolute atomic E-state index is 4.17. The second kappa shape index (κ2) is 31.8. The summed E-state index contributed by atoms with van der Waals surface area (Å²) in [6, 6.07) is 20.4. The summed E-state index contributed by atoms with van der Waals surface area (Å²) < 4.78 is 0. The van der Waals surface area contributed by atoms with Crippen molar-refractivity contribution in [2.75, 3.05) is 0 Å². The van der Waals surface area contributed by atoms with Crippen molar-refractivity contribution in [2.45, 2.75) is 111 Å². The lowest BCUT2D eigenvalue weighted by Gasteiger charge is -1.90.